The first-order chi connectivity index (χ1) is 9.22. The number of nitrogens with zero attached hydrogens (tertiary/aromatic N) is 2. The lowest BCUT2D eigenvalue weighted by molar-refractivity contribution is 0.389. The molecule has 2 aliphatic heterocycles. The Kier molecular flexibility index (Phi) is 2.33. The van der Waals surface area contributed by atoms with Crippen molar-refractivity contribution in [3.05, 3.63) is 40.7 Å². The smallest absolute Gasteiger partial charge is 0.180 e. The molecule has 2 unspecified atom stereocenters. The van der Waals surface area contributed by atoms with Gasteiger partial charge >= 0.3 is 0 Å². The molecular weight excluding hydrogens is 261 g/mol. The Morgan fingerprint density at radius 3 is 3.11 bits per heavy atom. The third kappa shape index (κ3) is 1.64. The molecule has 0 amide bonds. The number of hydrogen-bond acceptors (Lipinski definition) is 4. The molecule has 0 saturated carbocycles. The van der Waals surface area contributed by atoms with E-state index in [9.17, 15) is 4.39 Å². The largest absolute Gasteiger partial charge is 0.375 e. The molecular formula is C14H14FN3S. The van der Waals surface area contributed by atoms with Crippen LogP contribution in [-0.2, 0) is 0 Å². The minimum Gasteiger partial charge on any atom is -0.375 e. The van der Waals surface area contributed by atoms with E-state index < -0.39 is 0 Å². The Labute approximate surface area is 114 Å². The molecule has 3 aliphatic rings. The van der Waals surface area contributed by atoms with Crippen LogP contribution in [0.1, 0.15) is 35.4 Å². The van der Waals surface area contributed by atoms with Gasteiger partial charge in [-0.2, -0.15) is 0 Å². The van der Waals surface area contributed by atoms with Gasteiger partial charge in [0.25, 0.3) is 0 Å². The van der Waals surface area contributed by atoms with Crippen molar-refractivity contribution in [2.75, 3.05) is 17.2 Å². The summed E-state index contributed by atoms with van der Waals surface area (Å²) in [6, 6.07) is 7.17. The summed E-state index contributed by atoms with van der Waals surface area (Å²) in [4.78, 5) is 8.06. The Morgan fingerprint density at radius 1 is 1.37 bits per heavy atom. The van der Waals surface area contributed by atoms with Crippen molar-refractivity contribution in [1.29, 1.82) is 0 Å². The number of benzene rings is 1. The van der Waals surface area contributed by atoms with Crippen LogP contribution in [0.15, 0.2) is 24.3 Å². The molecule has 2 atom stereocenters. The van der Waals surface area contributed by atoms with E-state index in [0.29, 0.717) is 17.1 Å². The fourth-order valence-corrected chi connectivity index (χ4v) is 4.37. The van der Waals surface area contributed by atoms with Crippen molar-refractivity contribution in [3.63, 3.8) is 0 Å². The highest BCUT2D eigenvalue weighted by atomic mass is 32.1. The van der Waals surface area contributed by atoms with E-state index in [2.05, 4.69) is 9.88 Å². The number of thiazole rings is 1. The van der Waals surface area contributed by atoms with Crippen molar-refractivity contribution in [1.82, 2.24) is 4.98 Å². The molecule has 1 fully saturated rings. The van der Waals surface area contributed by atoms with E-state index in [4.69, 9.17) is 5.73 Å². The van der Waals surface area contributed by atoms with Crippen LogP contribution in [0.2, 0.25) is 0 Å². The van der Waals surface area contributed by atoms with Gasteiger partial charge in [-0.05, 0) is 31.0 Å². The van der Waals surface area contributed by atoms with Crippen LogP contribution in [0, 0.1) is 5.82 Å². The van der Waals surface area contributed by atoms with Crippen molar-refractivity contribution in [2.24, 2.45) is 0 Å². The van der Waals surface area contributed by atoms with Gasteiger partial charge in [-0.1, -0.05) is 17.4 Å². The zero-order valence-electron chi connectivity index (χ0n) is 10.3. The maximum atomic E-state index is 13.4. The second kappa shape index (κ2) is 3.93. The fraction of sp³-hybridized carbons (Fsp3) is 0.357. The number of piperidine rings is 1. The van der Waals surface area contributed by atoms with Crippen LogP contribution in [0.4, 0.5) is 15.2 Å². The van der Waals surface area contributed by atoms with Gasteiger partial charge in [0.1, 0.15) is 5.82 Å². The highest BCUT2D eigenvalue weighted by molar-refractivity contribution is 7.15. The second-order valence-corrected chi connectivity index (χ2v) is 6.29. The van der Waals surface area contributed by atoms with E-state index in [0.717, 1.165) is 25.1 Å². The molecule has 2 bridgehead atoms. The number of halogens is 1. The molecule has 1 saturated heterocycles. The minimum atomic E-state index is -0.178. The summed E-state index contributed by atoms with van der Waals surface area (Å²) in [7, 11) is 0. The Bertz CT molecular complexity index is 639. The van der Waals surface area contributed by atoms with Gasteiger partial charge in [-0.25, -0.2) is 9.37 Å². The third-order valence-corrected chi connectivity index (χ3v) is 5.11. The first-order valence-corrected chi connectivity index (χ1v) is 7.32. The number of aromatic nitrogens is 1. The van der Waals surface area contributed by atoms with Crippen LogP contribution < -0.4 is 10.6 Å². The van der Waals surface area contributed by atoms with Crippen LogP contribution in [0.25, 0.3) is 0 Å². The van der Waals surface area contributed by atoms with Gasteiger partial charge in [0, 0.05) is 18.2 Å². The number of fused-ring (bicyclic) bond motifs is 2. The van der Waals surface area contributed by atoms with Crippen LogP contribution >= 0.6 is 11.3 Å². The predicted octanol–water partition coefficient (Wildman–Crippen LogP) is 3.30. The molecule has 1 aromatic heterocycles. The molecule has 5 rings (SSSR count). The molecule has 2 N–H and O–H groups in total. The Morgan fingerprint density at radius 2 is 2.26 bits per heavy atom. The molecule has 3 heterocycles. The maximum absolute atomic E-state index is 13.4. The van der Waals surface area contributed by atoms with E-state index >= 15 is 0 Å². The van der Waals surface area contributed by atoms with E-state index in [1.165, 1.54) is 16.6 Å². The van der Waals surface area contributed by atoms with Gasteiger partial charge in [0.15, 0.2) is 5.13 Å². The fourth-order valence-electron chi connectivity index (χ4n) is 3.30. The average Bonchev–Trinajstić information content (AvgIpc) is 2.82. The van der Waals surface area contributed by atoms with Crippen molar-refractivity contribution in [3.8, 4) is 0 Å². The van der Waals surface area contributed by atoms with Crippen molar-refractivity contribution in [2.45, 2.75) is 24.8 Å². The van der Waals surface area contributed by atoms with E-state index in [1.807, 2.05) is 6.07 Å². The first kappa shape index (κ1) is 11.2. The molecule has 1 aliphatic carbocycles. The zero-order chi connectivity index (χ0) is 13.0. The summed E-state index contributed by atoms with van der Waals surface area (Å²) in [5.41, 5.74) is 8.00. The molecule has 5 heteroatoms. The summed E-state index contributed by atoms with van der Waals surface area (Å²) in [5.74, 6) is 0.264. The monoisotopic (exact) mass is 275 g/mol. The Hall–Kier alpha value is -1.62. The summed E-state index contributed by atoms with van der Waals surface area (Å²) in [5, 5.41) is 0.656. The van der Waals surface area contributed by atoms with Gasteiger partial charge in [0.2, 0.25) is 0 Å². The van der Waals surface area contributed by atoms with Crippen LogP contribution in [-0.4, -0.2) is 11.5 Å². The number of nitrogen functional groups attached to an aromatic ring is 1. The highest BCUT2D eigenvalue weighted by Gasteiger charge is 2.41. The van der Waals surface area contributed by atoms with E-state index in [-0.39, 0.29) is 5.82 Å². The summed E-state index contributed by atoms with van der Waals surface area (Å²) in [6.07, 6.45) is 2.27. The molecule has 0 radical (unpaired) electrons. The second-order valence-electron chi connectivity index (χ2n) is 5.22. The summed E-state index contributed by atoms with van der Waals surface area (Å²) < 4.78 is 13.4. The van der Waals surface area contributed by atoms with Crippen molar-refractivity contribution >= 4 is 22.2 Å². The molecule has 3 nitrogen and oxygen atoms in total. The lowest BCUT2D eigenvalue weighted by Gasteiger charge is -2.45. The molecule has 0 spiro atoms. The standard InChI is InChI=1S/C14H14FN3S/c15-9-2-1-3-10(6-9)18-7-8-4-5-11(18)13-12(8)17-14(16)19-13/h1-3,6,8,11H,4-5,7H2,(H2,16,17). The maximum Gasteiger partial charge on any atom is 0.180 e. The third-order valence-electron chi connectivity index (χ3n) is 4.11. The van der Waals surface area contributed by atoms with E-state index in [1.54, 1.807) is 23.5 Å². The zero-order valence-corrected chi connectivity index (χ0v) is 11.2. The van der Waals surface area contributed by atoms with Gasteiger partial charge in [0.05, 0.1) is 16.6 Å². The first-order valence-electron chi connectivity index (χ1n) is 6.50. The number of anilines is 2. The lowest BCUT2D eigenvalue weighted by atomic mass is 9.81. The number of nitrogens with two attached hydrogens (primary N) is 1. The summed E-state index contributed by atoms with van der Waals surface area (Å²) in [6.45, 7) is 0.921. The highest BCUT2D eigenvalue weighted by Crippen LogP contribution is 2.50. The normalized spacial score (nSPS) is 24.6. The number of rotatable bonds is 1. The molecule has 1 aromatic carbocycles. The minimum absolute atomic E-state index is 0.178. The quantitative estimate of drug-likeness (QED) is 0.868. The topological polar surface area (TPSA) is 42.1 Å². The van der Waals surface area contributed by atoms with Gasteiger partial charge in [-0.3, -0.25) is 0 Å². The number of hydrogen-bond donors (Lipinski definition) is 1. The van der Waals surface area contributed by atoms with Crippen LogP contribution in [0.5, 0.6) is 0 Å². The predicted molar refractivity (Wildman–Crippen MR) is 75.0 cm³/mol. The Balaban J connectivity index is 1.78. The molecule has 2 aromatic rings. The SMILES string of the molecule is Nc1nc2c(s1)C1CCC2CN1c1cccc(F)c1. The lowest BCUT2D eigenvalue weighted by Crippen LogP contribution is -2.42. The van der Waals surface area contributed by atoms with Crippen LogP contribution in [0.3, 0.4) is 0 Å². The van der Waals surface area contributed by atoms with Gasteiger partial charge < -0.3 is 10.6 Å². The molecule has 98 valence electrons. The van der Waals surface area contributed by atoms with Gasteiger partial charge in [-0.15, -0.1) is 0 Å². The summed E-state index contributed by atoms with van der Waals surface area (Å²) >= 11 is 1.59. The average molecular weight is 275 g/mol. The molecule has 19 heavy (non-hydrogen) atoms. The van der Waals surface area contributed by atoms with Crippen molar-refractivity contribution < 1.29 is 4.39 Å².